The van der Waals surface area contributed by atoms with Crippen molar-refractivity contribution in [1.29, 1.82) is 0 Å². The van der Waals surface area contributed by atoms with Gasteiger partial charge >= 0.3 is 5.97 Å². The first-order chi connectivity index (χ1) is 9.43. The van der Waals surface area contributed by atoms with Crippen LogP contribution in [-0.2, 0) is 14.3 Å². The Morgan fingerprint density at radius 3 is 2.65 bits per heavy atom. The number of esters is 1. The van der Waals surface area contributed by atoms with E-state index < -0.39 is 12.0 Å². The molecule has 20 heavy (non-hydrogen) atoms. The lowest BCUT2D eigenvalue weighted by molar-refractivity contribution is -0.145. The summed E-state index contributed by atoms with van der Waals surface area (Å²) in [5.41, 5.74) is 0. The Hall–Kier alpha value is -1.24. The fourth-order valence-electron chi connectivity index (χ4n) is 1.96. The van der Waals surface area contributed by atoms with E-state index >= 15 is 0 Å². The van der Waals surface area contributed by atoms with Crippen LogP contribution in [0.1, 0.15) is 26.7 Å². The van der Waals surface area contributed by atoms with Crippen LogP contribution in [0, 0.1) is 5.92 Å². The molecule has 0 aliphatic carbocycles. The van der Waals surface area contributed by atoms with E-state index in [2.05, 4.69) is 10.1 Å². The van der Waals surface area contributed by atoms with E-state index in [0.717, 1.165) is 5.75 Å². The molecule has 1 atom stereocenters. The van der Waals surface area contributed by atoms with Crippen LogP contribution in [0.25, 0.3) is 0 Å². The van der Waals surface area contributed by atoms with Crippen molar-refractivity contribution in [2.45, 2.75) is 32.7 Å². The van der Waals surface area contributed by atoms with E-state index in [1.165, 1.54) is 18.9 Å². The summed E-state index contributed by atoms with van der Waals surface area (Å²) >= 11 is 1.27. The largest absolute Gasteiger partial charge is 0.467 e. The third kappa shape index (κ3) is 5.40. The zero-order valence-electron chi connectivity index (χ0n) is 12.2. The van der Waals surface area contributed by atoms with Crippen LogP contribution in [0.15, 0.2) is 0 Å². The minimum Gasteiger partial charge on any atom is -0.467 e. The minimum absolute atomic E-state index is 0.0181. The summed E-state index contributed by atoms with van der Waals surface area (Å²) in [5, 5.41) is 2.70. The van der Waals surface area contributed by atoms with Crippen molar-refractivity contribution in [3.8, 4) is 0 Å². The highest BCUT2D eigenvalue weighted by molar-refractivity contribution is 8.13. The number of hydrogen-bond acceptors (Lipinski definition) is 5. The van der Waals surface area contributed by atoms with Gasteiger partial charge in [-0.25, -0.2) is 4.79 Å². The van der Waals surface area contributed by atoms with Gasteiger partial charge in [-0.3, -0.25) is 9.59 Å². The van der Waals surface area contributed by atoms with Gasteiger partial charge in [-0.05, 0) is 12.3 Å². The summed E-state index contributed by atoms with van der Waals surface area (Å²) in [6, 6.07) is -0.615. The van der Waals surface area contributed by atoms with Crippen molar-refractivity contribution in [2.75, 3.05) is 26.0 Å². The van der Waals surface area contributed by atoms with Crippen molar-refractivity contribution in [3.63, 3.8) is 0 Å². The lowest BCUT2D eigenvalue weighted by Gasteiger charge is -2.19. The molecular formula is C13H22N2O4S. The van der Waals surface area contributed by atoms with Crippen LogP contribution < -0.4 is 5.32 Å². The van der Waals surface area contributed by atoms with Crippen molar-refractivity contribution >= 4 is 28.9 Å². The lowest BCUT2D eigenvalue weighted by atomic mass is 10.0. The number of nitrogens with one attached hydrogen (secondary N) is 1. The van der Waals surface area contributed by atoms with E-state index in [4.69, 9.17) is 0 Å². The highest BCUT2D eigenvalue weighted by Crippen LogP contribution is 2.17. The fourth-order valence-corrected chi connectivity index (χ4v) is 2.81. The molecular weight excluding hydrogens is 280 g/mol. The number of nitrogens with zero attached hydrogens (tertiary/aromatic N) is 1. The molecule has 0 radical (unpaired) electrons. The first-order valence-corrected chi connectivity index (χ1v) is 7.71. The zero-order chi connectivity index (χ0) is 15.1. The van der Waals surface area contributed by atoms with Gasteiger partial charge in [-0.15, -0.1) is 0 Å². The number of carbonyl (C=O) groups excluding carboxylic acids is 3. The molecule has 0 bridgehead atoms. The van der Waals surface area contributed by atoms with Crippen LogP contribution >= 0.6 is 11.8 Å². The average molecular weight is 302 g/mol. The molecule has 2 amide bonds. The maximum Gasteiger partial charge on any atom is 0.328 e. The Kier molecular flexibility index (Phi) is 6.84. The molecule has 1 aliphatic heterocycles. The lowest BCUT2D eigenvalue weighted by Crippen LogP contribution is -2.43. The van der Waals surface area contributed by atoms with E-state index in [0.29, 0.717) is 19.5 Å². The van der Waals surface area contributed by atoms with Gasteiger partial charge in [0.2, 0.25) is 5.91 Å². The standard InChI is InChI=1S/C13H22N2O4S/c1-9(2)8-10(12(17)19-3)14-11(16)4-5-15-6-7-20-13(15)18/h9-10H,4-8H2,1-3H3,(H,14,16). The quantitative estimate of drug-likeness (QED) is 0.716. The molecule has 1 unspecified atom stereocenters. The second kappa shape index (κ2) is 8.14. The van der Waals surface area contributed by atoms with Crippen LogP contribution in [-0.4, -0.2) is 54.0 Å². The summed E-state index contributed by atoms with van der Waals surface area (Å²) in [4.78, 5) is 36.5. The summed E-state index contributed by atoms with van der Waals surface area (Å²) in [5.74, 6) is 0.389. The number of methoxy groups -OCH3 is 1. The van der Waals surface area contributed by atoms with Gasteiger partial charge in [0.25, 0.3) is 5.24 Å². The molecule has 0 aromatic carbocycles. The summed E-state index contributed by atoms with van der Waals surface area (Å²) in [6.45, 7) is 5.03. The van der Waals surface area contributed by atoms with Gasteiger partial charge in [0.05, 0.1) is 7.11 Å². The number of hydrogen-bond donors (Lipinski definition) is 1. The van der Waals surface area contributed by atoms with Gasteiger partial charge in [-0.2, -0.15) is 0 Å². The molecule has 6 nitrogen and oxygen atoms in total. The number of amides is 2. The molecule has 1 aliphatic rings. The van der Waals surface area contributed by atoms with Gasteiger partial charge in [-0.1, -0.05) is 25.6 Å². The Labute approximate surface area is 123 Å². The van der Waals surface area contributed by atoms with Crippen molar-refractivity contribution < 1.29 is 19.1 Å². The molecule has 0 spiro atoms. The average Bonchev–Trinajstić information content (AvgIpc) is 2.79. The van der Waals surface area contributed by atoms with Crippen LogP contribution in [0.4, 0.5) is 4.79 Å². The molecule has 1 saturated heterocycles. The predicted molar refractivity (Wildman–Crippen MR) is 77.4 cm³/mol. The molecule has 1 heterocycles. The van der Waals surface area contributed by atoms with E-state index in [-0.39, 0.29) is 23.5 Å². The first kappa shape index (κ1) is 16.8. The van der Waals surface area contributed by atoms with Crippen LogP contribution in [0.3, 0.4) is 0 Å². The van der Waals surface area contributed by atoms with Crippen LogP contribution in [0.5, 0.6) is 0 Å². The number of carbonyl (C=O) groups is 3. The maximum absolute atomic E-state index is 11.9. The second-order valence-corrected chi connectivity index (χ2v) is 6.17. The van der Waals surface area contributed by atoms with Crippen LogP contribution in [0.2, 0.25) is 0 Å². The molecule has 1 fully saturated rings. The van der Waals surface area contributed by atoms with Crippen molar-refractivity contribution in [2.24, 2.45) is 5.92 Å². The topological polar surface area (TPSA) is 75.7 Å². The second-order valence-electron chi connectivity index (χ2n) is 5.12. The molecule has 0 aromatic rings. The Morgan fingerprint density at radius 2 is 2.15 bits per heavy atom. The molecule has 1 N–H and O–H groups in total. The monoisotopic (exact) mass is 302 g/mol. The van der Waals surface area contributed by atoms with E-state index in [1.807, 2.05) is 13.8 Å². The van der Waals surface area contributed by atoms with Crippen molar-refractivity contribution in [1.82, 2.24) is 10.2 Å². The summed E-state index contributed by atoms with van der Waals surface area (Å²) in [6.07, 6.45) is 0.745. The fraction of sp³-hybridized carbons (Fsp3) is 0.769. The molecule has 1 rings (SSSR count). The predicted octanol–water partition coefficient (Wildman–Crippen LogP) is 1.25. The van der Waals surface area contributed by atoms with Gasteiger partial charge in [0.15, 0.2) is 0 Å². The van der Waals surface area contributed by atoms with Gasteiger partial charge < -0.3 is 15.0 Å². The maximum atomic E-state index is 11.9. The Balaban J connectivity index is 2.40. The van der Waals surface area contributed by atoms with E-state index in [1.54, 1.807) is 4.90 Å². The Bertz CT molecular complexity index is 373. The SMILES string of the molecule is COC(=O)C(CC(C)C)NC(=O)CCN1CCSC1=O. The molecule has 114 valence electrons. The highest BCUT2D eigenvalue weighted by Gasteiger charge is 2.24. The first-order valence-electron chi connectivity index (χ1n) is 6.73. The number of rotatable bonds is 7. The third-order valence-electron chi connectivity index (χ3n) is 2.98. The molecule has 7 heteroatoms. The third-order valence-corrected chi connectivity index (χ3v) is 3.87. The zero-order valence-corrected chi connectivity index (χ0v) is 13.0. The normalized spacial score (nSPS) is 16.4. The summed E-state index contributed by atoms with van der Waals surface area (Å²) in [7, 11) is 1.31. The Morgan fingerprint density at radius 1 is 1.45 bits per heavy atom. The van der Waals surface area contributed by atoms with Crippen molar-refractivity contribution in [3.05, 3.63) is 0 Å². The van der Waals surface area contributed by atoms with Gasteiger partial charge in [0.1, 0.15) is 6.04 Å². The molecule has 0 aromatic heterocycles. The van der Waals surface area contributed by atoms with E-state index in [9.17, 15) is 14.4 Å². The number of ether oxygens (including phenoxy) is 1. The van der Waals surface area contributed by atoms with Gasteiger partial charge in [0, 0.05) is 25.3 Å². The minimum atomic E-state index is -0.615. The number of thioether (sulfide) groups is 1. The summed E-state index contributed by atoms with van der Waals surface area (Å²) < 4.78 is 4.69. The smallest absolute Gasteiger partial charge is 0.328 e. The highest BCUT2D eigenvalue weighted by atomic mass is 32.2. The molecule has 0 saturated carbocycles.